The molecule has 9 aromatic rings. The fourth-order valence-corrected chi connectivity index (χ4v) is 11.4. The number of hydrogen-bond acceptors (Lipinski definition) is 2. The Morgan fingerprint density at radius 2 is 1.10 bits per heavy atom. The van der Waals surface area contributed by atoms with Gasteiger partial charge in [0.15, 0.2) is 0 Å². The zero-order valence-corrected chi connectivity index (χ0v) is 29.6. The Hall–Kier alpha value is -6.16. The van der Waals surface area contributed by atoms with E-state index >= 15 is 0 Å². The lowest BCUT2D eigenvalue weighted by Crippen LogP contribution is -2.49. The van der Waals surface area contributed by atoms with E-state index in [0.717, 1.165) is 28.2 Å². The van der Waals surface area contributed by atoms with Crippen molar-refractivity contribution < 1.29 is 4.42 Å². The molecule has 3 heteroatoms. The molecule has 51 heavy (non-hydrogen) atoms. The van der Waals surface area contributed by atoms with E-state index in [-0.39, 0.29) is 0 Å². The Morgan fingerprint density at radius 1 is 0.431 bits per heavy atom. The van der Waals surface area contributed by atoms with Crippen LogP contribution in [0.1, 0.15) is 0 Å². The van der Waals surface area contributed by atoms with Crippen molar-refractivity contribution in [3.63, 3.8) is 0 Å². The van der Waals surface area contributed by atoms with Crippen molar-refractivity contribution in [1.82, 2.24) is 0 Å². The van der Waals surface area contributed by atoms with Crippen molar-refractivity contribution in [2.75, 3.05) is 4.90 Å². The normalized spacial score (nSPS) is 13.1. The van der Waals surface area contributed by atoms with Gasteiger partial charge in [-0.1, -0.05) is 140 Å². The van der Waals surface area contributed by atoms with Gasteiger partial charge in [0.25, 0.3) is 0 Å². The Labute approximate surface area is 298 Å². The van der Waals surface area contributed by atoms with Crippen molar-refractivity contribution in [3.8, 4) is 33.4 Å². The molecule has 242 valence electrons. The Balaban J connectivity index is 1.16. The lowest BCUT2D eigenvalue weighted by atomic mass is 9.97. The molecule has 0 amide bonds. The third kappa shape index (κ3) is 4.70. The first-order valence-electron chi connectivity index (χ1n) is 17.7. The summed E-state index contributed by atoms with van der Waals surface area (Å²) in [7, 11) is -2.05. The Kier molecular flexibility index (Phi) is 6.67. The first kappa shape index (κ1) is 29.7. The van der Waals surface area contributed by atoms with Crippen LogP contribution >= 0.6 is 0 Å². The molecule has 10 rings (SSSR count). The maximum Gasteiger partial charge on any atom is 0.136 e. The molecule has 1 aromatic heterocycles. The SMILES string of the molecule is C[Si]1(C)c2cc(N(c3ccc(-c4ccccc4)cc3)c3cccc(-c4cccc5ccccc45)c3)ccc2-c2c1ccc1oc3ccccc3c21. The zero-order valence-electron chi connectivity index (χ0n) is 28.6. The van der Waals surface area contributed by atoms with E-state index in [1.165, 1.54) is 65.3 Å². The number of rotatable bonds is 5. The van der Waals surface area contributed by atoms with Gasteiger partial charge in [0.2, 0.25) is 0 Å². The molecule has 2 nitrogen and oxygen atoms in total. The van der Waals surface area contributed by atoms with Crippen LogP contribution in [0.4, 0.5) is 17.1 Å². The maximum atomic E-state index is 6.36. The minimum atomic E-state index is -2.05. The Bertz CT molecular complexity index is 2770. The third-order valence-electron chi connectivity index (χ3n) is 10.9. The lowest BCUT2D eigenvalue weighted by Gasteiger charge is -2.28. The van der Waals surface area contributed by atoms with Crippen LogP contribution in [0.2, 0.25) is 13.1 Å². The number of benzene rings is 8. The summed E-state index contributed by atoms with van der Waals surface area (Å²) in [4.78, 5) is 2.43. The second-order valence-corrected chi connectivity index (χ2v) is 18.5. The average molecular weight is 670 g/mol. The van der Waals surface area contributed by atoms with Gasteiger partial charge in [-0.25, -0.2) is 0 Å². The summed E-state index contributed by atoms with van der Waals surface area (Å²) >= 11 is 0. The predicted octanol–water partition coefficient (Wildman–Crippen LogP) is 12.3. The summed E-state index contributed by atoms with van der Waals surface area (Å²) in [5.41, 5.74) is 12.9. The first-order chi connectivity index (χ1) is 25.0. The van der Waals surface area contributed by atoms with Crippen LogP contribution < -0.4 is 15.3 Å². The molecule has 2 heterocycles. The Morgan fingerprint density at radius 3 is 1.96 bits per heavy atom. The molecule has 0 radical (unpaired) electrons. The molecule has 0 bridgehead atoms. The second kappa shape index (κ2) is 11.4. The van der Waals surface area contributed by atoms with E-state index in [9.17, 15) is 0 Å². The van der Waals surface area contributed by atoms with Crippen molar-refractivity contribution in [2.24, 2.45) is 0 Å². The molecule has 0 spiro atoms. The van der Waals surface area contributed by atoms with E-state index in [1.54, 1.807) is 0 Å². The fraction of sp³-hybridized carbons (Fsp3) is 0.0417. The van der Waals surface area contributed by atoms with E-state index in [1.807, 2.05) is 0 Å². The van der Waals surface area contributed by atoms with Crippen LogP contribution in [0.5, 0.6) is 0 Å². The van der Waals surface area contributed by atoms with Gasteiger partial charge in [-0.2, -0.15) is 0 Å². The van der Waals surface area contributed by atoms with Crippen molar-refractivity contribution >= 4 is 68.2 Å². The molecule has 0 aliphatic carbocycles. The van der Waals surface area contributed by atoms with Gasteiger partial charge < -0.3 is 9.32 Å². The molecule has 1 aliphatic heterocycles. The van der Waals surface area contributed by atoms with Gasteiger partial charge in [-0.3, -0.25) is 0 Å². The number of furan rings is 1. The monoisotopic (exact) mass is 669 g/mol. The number of para-hydroxylation sites is 1. The minimum absolute atomic E-state index is 0.946. The van der Waals surface area contributed by atoms with E-state index in [4.69, 9.17) is 4.42 Å². The predicted molar refractivity (Wildman–Crippen MR) is 219 cm³/mol. The highest BCUT2D eigenvalue weighted by Crippen LogP contribution is 2.43. The fourth-order valence-electron chi connectivity index (χ4n) is 8.34. The molecule has 0 N–H and O–H groups in total. The molecular weight excluding hydrogens is 635 g/mol. The van der Waals surface area contributed by atoms with E-state index in [2.05, 4.69) is 194 Å². The van der Waals surface area contributed by atoms with Gasteiger partial charge in [0, 0.05) is 27.8 Å². The average Bonchev–Trinajstić information content (AvgIpc) is 3.67. The molecule has 0 saturated carbocycles. The van der Waals surface area contributed by atoms with Gasteiger partial charge in [-0.05, 0) is 103 Å². The summed E-state index contributed by atoms with van der Waals surface area (Å²) in [6, 6.07) is 64.0. The highest BCUT2D eigenvalue weighted by molar-refractivity contribution is 7.04. The molecule has 0 saturated heterocycles. The summed E-state index contributed by atoms with van der Waals surface area (Å²) in [6.45, 7) is 4.99. The summed E-state index contributed by atoms with van der Waals surface area (Å²) in [5, 5.41) is 7.88. The minimum Gasteiger partial charge on any atom is -0.456 e. The maximum absolute atomic E-state index is 6.36. The van der Waals surface area contributed by atoms with E-state index < -0.39 is 8.07 Å². The van der Waals surface area contributed by atoms with Crippen LogP contribution in [-0.4, -0.2) is 8.07 Å². The number of hydrogen-bond donors (Lipinski definition) is 0. The van der Waals surface area contributed by atoms with Crippen LogP contribution in [0.3, 0.4) is 0 Å². The van der Waals surface area contributed by atoms with Crippen molar-refractivity contribution in [2.45, 2.75) is 13.1 Å². The summed E-state index contributed by atoms with van der Waals surface area (Å²) < 4.78 is 6.36. The van der Waals surface area contributed by atoms with Gasteiger partial charge in [-0.15, -0.1) is 0 Å². The van der Waals surface area contributed by atoms with Crippen LogP contribution in [-0.2, 0) is 0 Å². The summed E-state index contributed by atoms with van der Waals surface area (Å²) in [6.07, 6.45) is 0. The summed E-state index contributed by atoms with van der Waals surface area (Å²) in [5.74, 6) is 0. The largest absolute Gasteiger partial charge is 0.456 e. The zero-order chi connectivity index (χ0) is 34.1. The number of fused-ring (bicyclic) bond motifs is 8. The van der Waals surface area contributed by atoms with Gasteiger partial charge in [0.1, 0.15) is 19.2 Å². The van der Waals surface area contributed by atoms with Crippen LogP contribution in [0.25, 0.3) is 66.1 Å². The molecular formula is C48H35NOSi. The quantitative estimate of drug-likeness (QED) is 0.170. The highest BCUT2D eigenvalue weighted by atomic mass is 28.3. The smallest absolute Gasteiger partial charge is 0.136 e. The standard InChI is InChI=1S/C48H35NOSi/c1-51(2)45-29-28-44-47(41-19-8-9-21-43(41)50-44)48(45)42-27-26-38(31-46(42)51)49(36-24-22-33(23-25-36)32-12-4-3-5-13-32)37-17-10-16-35(30-37)40-20-11-15-34-14-6-7-18-39(34)40/h3-31H,1-2H3. The molecule has 1 aliphatic rings. The molecule has 0 unspecified atom stereocenters. The molecule has 0 fully saturated rings. The number of nitrogens with zero attached hydrogens (tertiary/aromatic N) is 1. The van der Waals surface area contributed by atoms with Gasteiger partial charge >= 0.3 is 0 Å². The topological polar surface area (TPSA) is 16.4 Å². The number of anilines is 3. The van der Waals surface area contributed by atoms with Crippen LogP contribution in [0, 0.1) is 0 Å². The second-order valence-electron chi connectivity index (χ2n) is 14.1. The van der Waals surface area contributed by atoms with E-state index in [0.29, 0.717) is 0 Å². The highest BCUT2D eigenvalue weighted by Gasteiger charge is 2.39. The van der Waals surface area contributed by atoms with Gasteiger partial charge in [0.05, 0.1) is 0 Å². The van der Waals surface area contributed by atoms with Crippen molar-refractivity contribution in [3.05, 3.63) is 176 Å². The van der Waals surface area contributed by atoms with Crippen molar-refractivity contribution in [1.29, 1.82) is 0 Å². The van der Waals surface area contributed by atoms with Crippen LogP contribution in [0.15, 0.2) is 180 Å². The molecule has 0 atom stereocenters. The molecule has 8 aromatic carbocycles. The third-order valence-corrected chi connectivity index (χ3v) is 14.4. The first-order valence-corrected chi connectivity index (χ1v) is 20.7. The lowest BCUT2D eigenvalue weighted by molar-refractivity contribution is 0.669.